The first-order valence-electron chi connectivity index (χ1n) is 8.32. The molecule has 3 rings (SSSR count). The van der Waals surface area contributed by atoms with Gasteiger partial charge < -0.3 is 9.88 Å². The second-order valence-corrected chi connectivity index (χ2v) is 7.62. The van der Waals surface area contributed by atoms with Crippen LogP contribution in [0.25, 0.3) is 11.5 Å². The maximum absolute atomic E-state index is 13.2. The Morgan fingerprint density at radius 1 is 1.32 bits per heavy atom. The maximum atomic E-state index is 13.2. The number of benzene rings is 1. The van der Waals surface area contributed by atoms with E-state index in [9.17, 15) is 9.18 Å². The van der Waals surface area contributed by atoms with E-state index in [4.69, 9.17) is 23.2 Å². The van der Waals surface area contributed by atoms with Gasteiger partial charge in [0.25, 0.3) is 0 Å². The van der Waals surface area contributed by atoms with Gasteiger partial charge in [0.1, 0.15) is 11.5 Å². The highest BCUT2D eigenvalue weighted by Gasteiger charge is 2.21. The third-order valence-electron chi connectivity index (χ3n) is 3.93. The number of anilines is 1. The summed E-state index contributed by atoms with van der Waals surface area (Å²) in [4.78, 5) is 12.2. The van der Waals surface area contributed by atoms with Crippen LogP contribution in [0.2, 0.25) is 10.0 Å². The van der Waals surface area contributed by atoms with E-state index < -0.39 is 5.82 Å². The summed E-state index contributed by atoms with van der Waals surface area (Å²) in [5, 5.41) is 16.4. The van der Waals surface area contributed by atoms with Gasteiger partial charge in [0.15, 0.2) is 11.0 Å². The third kappa shape index (κ3) is 4.16. The molecule has 0 saturated carbocycles. The molecule has 11 heteroatoms. The lowest BCUT2D eigenvalue weighted by Gasteiger charge is -2.08. The number of aromatic nitrogens is 5. The first-order valence-corrected chi connectivity index (χ1v) is 10.1. The lowest BCUT2D eigenvalue weighted by molar-refractivity contribution is -0.113. The highest BCUT2D eigenvalue weighted by Crippen LogP contribution is 2.31. The predicted molar refractivity (Wildman–Crippen MR) is 108 cm³/mol. The highest BCUT2D eigenvalue weighted by molar-refractivity contribution is 7.99. The van der Waals surface area contributed by atoms with Crippen LogP contribution in [-0.2, 0) is 18.4 Å². The minimum atomic E-state index is -0.540. The monoisotopic (exact) mass is 442 g/mol. The number of nitrogens with zero attached hydrogens (tertiary/aromatic N) is 5. The molecular weight excluding hydrogens is 426 g/mol. The summed E-state index contributed by atoms with van der Waals surface area (Å²) in [6.45, 7) is 4.37. The molecule has 0 fully saturated rings. The van der Waals surface area contributed by atoms with Crippen molar-refractivity contribution in [3.05, 3.63) is 39.8 Å². The molecule has 1 amide bonds. The van der Waals surface area contributed by atoms with Crippen LogP contribution < -0.4 is 5.32 Å². The van der Waals surface area contributed by atoms with Crippen LogP contribution >= 0.6 is 35.0 Å². The quantitative estimate of drug-likeness (QED) is 0.579. The Hall–Kier alpha value is -2.10. The summed E-state index contributed by atoms with van der Waals surface area (Å²) < 4.78 is 16.7. The Kier molecular flexibility index (Phi) is 6.26. The number of halogens is 3. The molecule has 2 aromatic heterocycles. The standard InChI is InChI=1S/C17H17Cl2FN6OS/c1-4-26-16(15-14(19)9(2)24-25(15)3)22-23-17(26)28-8-13(27)21-10-5-6-12(20)11(18)7-10/h5-7H,4,8H2,1-3H3,(H,21,27). The maximum Gasteiger partial charge on any atom is 0.234 e. The second kappa shape index (κ2) is 8.50. The zero-order valence-corrected chi connectivity index (χ0v) is 17.7. The van der Waals surface area contributed by atoms with Gasteiger partial charge in [0.05, 0.1) is 21.5 Å². The van der Waals surface area contributed by atoms with E-state index in [1.807, 2.05) is 18.4 Å². The first kappa shape index (κ1) is 20.6. The number of aryl methyl sites for hydroxylation is 2. The molecule has 0 unspecified atom stereocenters. The van der Waals surface area contributed by atoms with Gasteiger partial charge >= 0.3 is 0 Å². The number of hydrogen-bond acceptors (Lipinski definition) is 5. The van der Waals surface area contributed by atoms with Gasteiger partial charge in [-0.1, -0.05) is 35.0 Å². The van der Waals surface area contributed by atoms with Crippen molar-refractivity contribution < 1.29 is 9.18 Å². The van der Waals surface area contributed by atoms with Crippen molar-refractivity contribution in [2.24, 2.45) is 7.05 Å². The molecule has 0 aliphatic rings. The molecule has 0 bridgehead atoms. The predicted octanol–water partition coefficient (Wildman–Crippen LogP) is 4.18. The van der Waals surface area contributed by atoms with E-state index >= 15 is 0 Å². The fraction of sp³-hybridized carbons (Fsp3) is 0.294. The van der Waals surface area contributed by atoms with Gasteiger partial charge in [-0.15, -0.1) is 10.2 Å². The number of thioether (sulfide) groups is 1. The fourth-order valence-corrected chi connectivity index (χ4v) is 3.86. The third-order valence-corrected chi connectivity index (χ3v) is 5.64. The molecule has 1 N–H and O–H groups in total. The van der Waals surface area contributed by atoms with Crippen LogP contribution in [0, 0.1) is 12.7 Å². The van der Waals surface area contributed by atoms with Gasteiger partial charge in [0.2, 0.25) is 5.91 Å². The van der Waals surface area contributed by atoms with E-state index in [1.54, 1.807) is 11.7 Å². The smallest absolute Gasteiger partial charge is 0.234 e. The number of carbonyl (C=O) groups is 1. The van der Waals surface area contributed by atoms with Crippen molar-refractivity contribution in [3.8, 4) is 11.5 Å². The topological polar surface area (TPSA) is 77.6 Å². The van der Waals surface area contributed by atoms with E-state index in [0.717, 1.165) is 0 Å². The van der Waals surface area contributed by atoms with E-state index in [0.29, 0.717) is 39.6 Å². The van der Waals surface area contributed by atoms with Gasteiger partial charge in [0, 0.05) is 19.3 Å². The van der Waals surface area contributed by atoms with Crippen LogP contribution in [0.3, 0.4) is 0 Å². The molecule has 2 heterocycles. The Balaban J connectivity index is 1.73. The molecule has 148 valence electrons. The number of amides is 1. The van der Waals surface area contributed by atoms with Gasteiger partial charge in [-0.25, -0.2) is 4.39 Å². The van der Waals surface area contributed by atoms with Gasteiger partial charge in [-0.2, -0.15) is 5.10 Å². The van der Waals surface area contributed by atoms with Gasteiger partial charge in [-0.05, 0) is 32.0 Å². The van der Waals surface area contributed by atoms with Crippen molar-refractivity contribution in [1.29, 1.82) is 0 Å². The molecule has 0 aliphatic carbocycles. The summed E-state index contributed by atoms with van der Waals surface area (Å²) in [5.74, 6) is -0.120. The van der Waals surface area contributed by atoms with Gasteiger partial charge in [-0.3, -0.25) is 9.48 Å². The van der Waals surface area contributed by atoms with Crippen molar-refractivity contribution >= 4 is 46.6 Å². The van der Waals surface area contributed by atoms with Crippen molar-refractivity contribution in [2.75, 3.05) is 11.1 Å². The van der Waals surface area contributed by atoms with Crippen LogP contribution in [0.1, 0.15) is 12.6 Å². The summed E-state index contributed by atoms with van der Waals surface area (Å²) in [6, 6.07) is 4.01. The van der Waals surface area contributed by atoms with Crippen molar-refractivity contribution in [3.63, 3.8) is 0 Å². The van der Waals surface area contributed by atoms with Crippen LogP contribution in [0.15, 0.2) is 23.4 Å². The number of carbonyl (C=O) groups excluding carboxylic acids is 1. The van der Waals surface area contributed by atoms with Crippen molar-refractivity contribution in [2.45, 2.75) is 25.5 Å². The first-order chi connectivity index (χ1) is 13.3. The summed E-state index contributed by atoms with van der Waals surface area (Å²) in [5.41, 5.74) is 1.80. The lowest BCUT2D eigenvalue weighted by Crippen LogP contribution is -2.14. The zero-order chi connectivity index (χ0) is 20.4. The molecule has 7 nitrogen and oxygen atoms in total. The Morgan fingerprint density at radius 3 is 2.68 bits per heavy atom. The van der Waals surface area contributed by atoms with E-state index in [2.05, 4.69) is 20.6 Å². The van der Waals surface area contributed by atoms with Crippen molar-refractivity contribution in [1.82, 2.24) is 24.5 Å². The number of rotatable bonds is 6. The zero-order valence-electron chi connectivity index (χ0n) is 15.3. The summed E-state index contributed by atoms with van der Waals surface area (Å²) >= 11 is 13.3. The molecule has 0 radical (unpaired) electrons. The van der Waals surface area contributed by atoms with Crippen LogP contribution in [0.5, 0.6) is 0 Å². The molecule has 0 saturated heterocycles. The molecule has 1 aromatic carbocycles. The fourth-order valence-electron chi connectivity index (χ4n) is 2.63. The molecule has 0 spiro atoms. The lowest BCUT2D eigenvalue weighted by atomic mass is 10.3. The summed E-state index contributed by atoms with van der Waals surface area (Å²) in [7, 11) is 1.79. The molecule has 0 aliphatic heterocycles. The van der Waals surface area contributed by atoms with Crippen LogP contribution in [-0.4, -0.2) is 36.2 Å². The average Bonchev–Trinajstić information content (AvgIpc) is 3.16. The second-order valence-electron chi connectivity index (χ2n) is 5.89. The SMILES string of the molecule is CCn1c(SCC(=O)Nc2ccc(F)c(Cl)c2)nnc1-c1c(Cl)c(C)nn1C. The molecule has 3 aromatic rings. The number of nitrogens with one attached hydrogen (secondary N) is 1. The number of hydrogen-bond donors (Lipinski definition) is 1. The average molecular weight is 443 g/mol. The molecule has 28 heavy (non-hydrogen) atoms. The highest BCUT2D eigenvalue weighted by atomic mass is 35.5. The Bertz CT molecular complexity index is 1040. The Labute approximate surface area is 175 Å². The minimum absolute atomic E-state index is 0.0517. The molecule has 0 atom stereocenters. The Morgan fingerprint density at radius 2 is 2.07 bits per heavy atom. The summed E-state index contributed by atoms with van der Waals surface area (Å²) in [6.07, 6.45) is 0. The van der Waals surface area contributed by atoms with E-state index in [-0.39, 0.29) is 16.7 Å². The van der Waals surface area contributed by atoms with E-state index in [1.165, 1.54) is 30.0 Å². The largest absolute Gasteiger partial charge is 0.325 e. The minimum Gasteiger partial charge on any atom is -0.325 e. The van der Waals surface area contributed by atoms with Crippen LogP contribution in [0.4, 0.5) is 10.1 Å². The molecular formula is C17H17Cl2FN6OS. The normalized spacial score (nSPS) is 11.1.